The van der Waals surface area contributed by atoms with Crippen LogP contribution in [0.5, 0.6) is 0 Å². The summed E-state index contributed by atoms with van der Waals surface area (Å²) in [5, 5.41) is 12.2. The molecule has 16 heavy (non-hydrogen) atoms. The number of hydrogen-bond donors (Lipinski definition) is 2. The Balaban J connectivity index is 1.84. The van der Waals surface area contributed by atoms with Gasteiger partial charge in [-0.1, -0.05) is 12.1 Å². The maximum absolute atomic E-state index is 13.0. The molecule has 0 radical (unpaired) electrons. The lowest BCUT2D eigenvalue weighted by atomic mass is 9.75. The Hall–Kier alpha value is -0.930. The molecule has 0 amide bonds. The van der Waals surface area contributed by atoms with E-state index in [1.54, 1.807) is 12.1 Å². The number of halogens is 1. The van der Waals surface area contributed by atoms with Gasteiger partial charge in [-0.25, -0.2) is 4.39 Å². The monoisotopic (exact) mass is 223 g/mol. The van der Waals surface area contributed by atoms with Gasteiger partial charge in [-0.2, -0.15) is 0 Å². The maximum Gasteiger partial charge on any atom is 0.123 e. The summed E-state index contributed by atoms with van der Waals surface area (Å²) >= 11 is 0. The van der Waals surface area contributed by atoms with Gasteiger partial charge in [-0.05, 0) is 43.4 Å². The second-order valence-corrected chi connectivity index (χ2v) is 4.67. The van der Waals surface area contributed by atoms with Gasteiger partial charge in [-0.15, -0.1) is 0 Å². The van der Waals surface area contributed by atoms with E-state index in [1.807, 2.05) is 13.0 Å². The van der Waals surface area contributed by atoms with E-state index in [2.05, 4.69) is 5.32 Å². The van der Waals surface area contributed by atoms with E-state index in [4.69, 9.17) is 5.11 Å². The standard InChI is InChI=1S/C13H18FNO/c1-9(8-16)15-13-6-11(7-13)10-3-2-4-12(14)5-10/h2-5,9,11,13,15-16H,6-8H2,1H3/t9-,11?,13?/m1/s1. The number of hydrogen-bond acceptors (Lipinski definition) is 2. The molecule has 1 aliphatic rings. The smallest absolute Gasteiger partial charge is 0.123 e. The molecule has 1 atom stereocenters. The normalized spacial score (nSPS) is 26.2. The fourth-order valence-electron chi connectivity index (χ4n) is 2.24. The second kappa shape index (κ2) is 4.93. The largest absolute Gasteiger partial charge is 0.395 e. The maximum atomic E-state index is 13.0. The second-order valence-electron chi connectivity index (χ2n) is 4.67. The summed E-state index contributed by atoms with van der Waals surface area (Å²) in [6.07, 6.45) is 2.07. The number of nitrogens with one attached hydrogen (secondary N) is 1. The van der Waals surface area contributed by atoms with Crippen LogP contribution in [0.1, 0.15) is 31.2 Å². The third-order valence-corrected chi connectivity index (χ3v) is 3.25. The molecule has 1 saturated carbocycles. The summed E-state index contributed by atoms with van der Waals surface area (Å²) in [6.45, 7) is 2.14. The van der Waals surface area contributed by atoms with Crippen molar-refractivity contribution in [1.82, 2.24) is 5.32 Å². The minimum Gasteiger partial charge on any atom is -0.395 e. The van der Waals surface area contributed by atoms with E-state index in [-0.39, 0.29) is 18.5 Å². The van der Waals surface area contributed by atoms with Gasteiger partial charge in [0.15, 0.2) is 0 Å². The molecule has 3 heteroatoms. The molecule has 2 N–H and O–H groups in total. The summed E-state index contributed by atoms with van der Waals surface area (Å²) in [5.41, 5.74) is 1.09. The topological polar surface area (TPSA) is 32.3 Å². The van der Waals surface area contributed by atoms with Crippen molar-refractivity contribution >= 4 is 0 Å². The summed E-state index contributed by atoms with van der Waals surface area (Å²) in [4.78, 5) is 0. The van der Waals surface area contributed by atoms with Crippen LogP contribution in [0.4, 0.5) is 4.39 Å². The zero-order valence-corrected chi connectivity index (χ0v) is 9.49. The number of aliphatic hydroxyl groups is 1. The molecule has 88 valence electrons. The van der Waals surface area contributed by atoms with Crippen LogP contribution in [-0.4, -0.2) is 23.8 Å². The molecule has 2 rings (SSSR count). The average Bonchev–Trinajstić information content (AvgIpc) is 2.22. The Labute approximate surface area is 95.5 Å². The van der Waals surface area contributed by atoms with E-state index in [9.17, 15) is 4.39 Å². The first-order valence-corrected chi connectivity index (χ1v) is 5.81. The van der Waals surface area contributed by atoms with Crippen molar-refractivity contribution < 1.29 is 9.50 Å². The lowest BCUT2D eigenvalue weighted by Crippen LogP contribution is -2.45. The minimum atomic E-state index is -0.155. The quantitative estimate of drug-likeness (QED) is 0.818. The SMILES string of the molecule is C[C@H](CO)NC1CC(c2cccc(F)c2)C1. The molecule has 0 aromatic heterocycles. The Bertz CT molecular complexity index is 350. The van der Waals surface area contributed by atoms with Gasteiger partial charge >= 0.3 is 0 Å². The molecule has 1 aliphatic carbocycles. The zero-order chi connectivity index (χ0) is 11.5. The molecule has 0 aliphatic heterocycles. The van der Waals surface area contributed by atoms with E-state index in [0.29, 0.717) is 12.0 Å². The van der Waals surface area contributed by atoms with Gasteiger partial charge in [-0.3, -0.25) is 0 Å². The first kappa shape index (κ1) is 11.6. The van der Waals surface area contributed by atoms with Crippen LogP contribution in [0, 0.1) is 5.82 Å². The predicted octanol–water partition coefficient (Wildman–Crippen LogP) is 2.04. The molecule has 0 saturated heterocycles. The predicted molar refractivity (Wildman–Crippen MR) is 61.8 cm³/mol. The third kappa shape index (κ3) is 2.60. The highest BCUT2D eigenvalue weighted by molar-refractivity contribution is 5.23. The van der Waals surface area contributed by atoms with Crippen molar-refractivity contribution in [3.63, 3.8) is 0 Å². The zero-order valence-electron chi connectivity index (χ0n) is 9.49. The average molecular weight is 223 g/mol. The van der Waals surface area contributed by atoms with Crippen molar-refractivity contribution in [2.24, 2.45) is 0 Å². The molecular formula is C13H18FNO. The van der Waals surface area contributed by atoms with Crippen molar-refractivity contribution in [2.75, 3.05) is 6.61 Å². The van der Waals surface area contributed by atoms with Crippen LogP contribution in [0.15, 0.2) is 24.3 Å². The molecule has 0 spiro atoms. The van der Waals surface area contributed by atoms with Gasteiger partial charge in [0.25, 0.3) is 0 Å². The molecule has 0 unspecified atom stereocenters. The van der Waals surface area contributed by atoms with Gasteiger partial charge in [0.1, 0.15) is 5.82 Å². The fourth-order valence-corrected chi connectivity index (χ4v) is 2.24. The highest BCUT2D eigenvalue weighted by atomic mass is 19.1. The summed E-state index contributed by atoms with van der Waals surface area (Å²) in [5.74, 6) is 0.316. The molecule has 1 fully saturated rings. The number of benzene rings is 1. The van der Waals surface area contributed by atoms with E-state index in [0.717, 1.165) is 18.4 Å². The highest BCUT2D eigenvalue weighted by Gasteiger charge is 2.30. The van der Waals surface area contributed by atoms with E-state index in [1.165, 1.54) is 6.07 Å². The summed E-state index contributed by atoms with van der Waals surface area (Å²) in [6, 6.07) is 7.47. The van der Waals surface area contributed by atoms with Crippen LogP contribution in [0.25, 0.3) is 0 Å². The molecule has 2 nitrogen and oxygen atoms in total. The Morgan fingerprint density at radius 1 is 1.50 bits per heavy atom. The molecular weight excluding hydrogens is 205 g/mol. The van der Waals surface area contributed by atoms with Gasteiger partial charge < -0.3 is 10.4 Å². The minimum absolute atomic E-state index is 0.151. The van der Waals surface area contributed by atoms with Gasteiger partial charge in [0.2, 0.25) is 0 Å². The molecule has 0 bridgehead atoms. The van der Waals surface area contributed by atoms with Gasteiger partial charge in [0.05, 0.1) is 6.61 Å². The van der Waals surface area contributed by atoms with Crippen LogP contribution in [-0.2, 0) is 0 Å². The first-order chi connectivity index (χ1) is 7.69. The van der Waals surface area contributed by atoms with E-state index >= 15 is 0 Å². The van der Waals surface area contributed by atoms with Crippen LogP contribution < -0.4 is 5.32 Å². The number of rotatable bonds is 4. The lowest BCUT2D eigenvalue weighted by Gasteiger charge is -2.37. The third-order valence-electron chi connectivity index (χ3n) is 3.25. The number of aliphatic hydroxyl groups excluding tert-OH is 1. The first-order valence-electron chi connectivity index (χ1n) is 5.81. The van der Waals surface area contributed by atoms with Crippen LogP contribution >= 0.6 is 0 Å². The summed E-state index contributed by atoms with van der Waals surface area (Å²) < 4.78 is 13.0. The van der Waals surface area contributed by atoms with Crippen LogP contribution in [0.3, 0.4) is 0 Å². The van der Waals surface area contributed by atoms with Crippen molar-refractivity contribution in [3.8, 4) is 0 Å². The van der Waals surface area contributed by atoms with Crippen molar-refractivity contribution in [2.45, 2.75) is 37.8 Å². The van der Waals surface area contributed by atoms with E-state index < -0.39 is 0 Å². The molecule has 1 aromatic rings. The van der Waals surface area contributed by atoms with Crippen LogP contribution in [0.2, 0.25) is 0 Å². The van der Waals surface area contributed by atoms with Gasteiger partial charge in [0, 0.05) is 12.1 Å². The Morgan fingerprint density at radius 3 is 2.88 bits per heavy atom. The Kier molecular flexibility index (Phi) is 3.56. The Morgan fingerprint density at radius 2 is 2.25 bits per heavy atom. The summed E-state index contributed by atoms with van der Waals surface area (Å²) in [7, 11) is 0. The fraction of sp³-hybridized carbons (Fsp3) is 0.538. The highest BCUT2D eigenvalue weighted by Crippen LogP contribution is 2.37. The van der Waals surface area contributed by atoms with Crippen molar-refractivity contribution in [3.05, 3.63) is 35.6 Å². The molecule has 1 aromatic carbocycles. The van der Waals surface area contributed by atoms with Crippen molar-refractivity contribution in [1.29, 1.82) is 0 Å². The molecule has 0 heterocycles. The lowest BCUT2D eigenvalue weighted by molar-refractivity contribution is 0.204.